The summed E-state index contributed by atoms with van der Waals surface area (Å²) >= 11 is 0. The molecule has 0 saturated carbocycles. The van der Waals surface area contributed by atoms with Gasteiger partial charge in [0.25, 0.3) is 0 Å². The van der Waals surface area contributed by atoms with Crippen molar-refractivity contribution in [2.75, 3.05) is 6.54 Å². The van der Waals surface area contributed by atoms with Gasteiger partial charge in [-0.2, -0.15) is 0 Å². The van der Waals surface area contributed by atoms with Crippen LogP contribution in [0.25, 0.3) is 0 Å². The Morgan fingerprint density at radius 3 is 2.65 bits per heavy atom. The van der Waals surface area contributed by atoms with Gasteiger partial charge in [0.1, 0.15) is 0 Å². The summed E-state index contributed by atoms with van der Waals surface area (Å²) in [7, 11) is -3.25. The molecule has 1 unspecified atom stereocenters. The van der Waals surface area contributed by atoms with Crippen LogP contribution >= 0.6 is 0 Å². The Morgan fingerprint density at radius 2 is 2.00 bits per heavy atom. The molecular weight excluding hydrogens is 234 g/mol. The average molecular weight is 253 g/mol. The smallest absolute Gasteiger partial charge is 0.182 e. The maximum absolute atomic E-state index is 12.3. The van der Waals surface area contributed by atoms with E-state index in [1.54, 1.807) is 6.07 Å². The van der Waals surface area contributed by atoms with Crippen LogP contribution < -0.4 is 5.73 Å². The lowest BCUT2D eigenvalue weighted by Gasteiger charge is -2.14. The lowest BCUT2D eigenvalue weighted by Crippen LogP contribution is -2.29. The highest BCUT2D eigenvalue weighted by Gasteiger charge is 2.25. The molecule has 0 saturated heterocycles. The van der Waals surface area contributed by atoms with Crippen molar-refractivity contribution in [2.45, 2.75) is 42.8 Å². The Labute approximate surface area is 103 Å². The van der Waals surface area contributed by atoms with Gasteiger partial charge >= 0.3 is 0 Å². The molecule has 3 nitrogen and oxygen atoms in total. The number of hydrogen-bond donors (Lipinski definition) is 1. The van der Waals surface area contributed by atoms with Gasteiger partial charge in [0.05, 0.1) is 10.1 Å². The van der Waals surface area contributed by atoms with E-state index in [0.717, 1.165) is 19.3 Å². The van der Waals surface area contributed by atoms with Gasteiger partial charge in [-0.15, -0.1) is 0 Å². The number of nitrogens with two attached hydrogens (primary N) is 1. The van der Waals surface area contributed by atoms with Crippen LogP contribution in [0.1, 0.15) is 30.9 Å². The van der Waals surface area contributed by atoms with Gasteiger partial charge in [0.15, 0.2) is 9.84 Å². The zero-order valence-corrected chi connectivity index (χ0v) is 11.0. The van der Waals surface area contributed by atoms with Crippen LogP contribution in [-0.2, 0) is 22.7 Å². The SMILES string of the molecule is CCC(CN)S(=O)(=O)c1ccc2c(c1)CCC2. The summed E-state index contributed by atoms with van der Waals surface area (Å²) in [5.74, 6) is 0. The molecule has 0 aliphatic heterocycles. The molecule has 1 atom stereocenters. The first-order valence-corrected chi connectivity index (χ1v) is 7.70. The van der Waals surface area contributed by atoms with E-state index in [9.17, 15) is 8.42 Å². The Hall–Kier alpha value is -0.870. The van der Waals surface area contributed by atoms with E-state index in [0.29, 0.717) is 11.3 Å². The molecule has 17 heavy (non-hydrogen) atoms. The van der Waals surface area contributed by atoms with E-state index in [1.165, 1.54) is 11.1 Å². The largest absolute Gasteiger partial charge is 0.329 e. The standard InChI is InChI=1S/C13H19NO2S/c1-2-12(9-14)17(15,16)13-7-6-10-4-3-5-11(10)8-13/h6-8,12H,2-5,9,14H2,1H3. The Bertz CT molecular complexity index is 504. The molecule has 1 aromatic rings. The van der Waals surface area contributed by atoms with Crippen molar-refractivity contribution in [3.05, 3.63) is 29.3 Å². The number of fused-ring (bicyclic) bond motifs is 1. The van der Waals surface area contributed by atoms with Gasteiger partial charge in [-0.05, 0) is 48.9 Å². The molecule has 2 N–H and O–H groups in total. The van der Waals surface area contributed by atoms with Gasteiger partial charge in [-0.1, -0.05) is 13.0 Å². The minimum atomic E-state index is -3.25. The average Bonchev–Trinajstić information content (AvgIpc) is 2.77. The zero-order valence-electron chi connectivity index (χ0n) is 10.1. The van der Waals surface area contributed by atoms with E-state index in [1.807, 2.05) is 19.1 Å². The molecule has 0 heterocycles. The van der Waals surface area contributed by atoms with Crippen molar-refractivity contribution < 1.29 is 8.42 Å². The predicted octanol–water partition coefficient (Wildman–Crippen LogP) is 1.69. The monoisotopic (exact) mass is 253 g/mol. The van der Waals surface area contributed by atoms with Gasteiger partial charge < -0.3 is 5.73 Å². The van der Waals surface area contributed by atoms with Crippen LogP contribution in [-0.4, -0.2) is 20.2 Å². The van der Waals surface area contributed by atoms with E-state index in [4.69, 9.17) is 5.73 Å². The summed E-state index contributed by atoms with van der Waals surface area (Å²) < 4.78 is 24.6. The van der Waals surface area contributed by atoms with Crippen LogP contribution in [0, 0.1) is 0 Å². The highest BCUT2D eigenvalue weighted by molar-refractivity contribution is 7.92. The summed E-state index contributed by atoms with van der Waals surface area (Å²) in [6.45, 7) is 2.05. The number of hydrogen-bond acceptors (Lipinski definition) is 3. The second kappa shape index (κ2) is 4.78. The normalized spacial score (nSPS) is 16.8. The van der Waals surface area contributed by atoms with Crippen LogP contribution in [0.3, 0.4) is 0 Å². The molecule has 1 aliphatic rings. The lowest BCUT2D eigenvalue weighted by molar-refractivity contribution is 0.576. The molecule has 2 rings (SSSR count). The van der Waals surface area contributed by atoms with Gasteiger partial charge in [-0.25, -0.2) is 8.42 Å². The fraction of sp³-hybridized carbons (Fsp3) is 0.538. The summed E-state index contributed by atoms with van der Waals surface area (Å²) in [6, 6.07) is 5.53. The summed E-state index contributed by atoms with van der Waals surface area (Å²) in [4.78, 5) is 0.440. The second-order valence-electron chi connectivity index (χ2n) is 4.60. The highest BCUT2D eigenvalue weighted by Crippen LogP contribution is 2.26. The number of benzene rings is 1. The summed E-state index contributed by atoms with van der Waals surface area (Å²) in [5.41, 5.74) is 8.03. The molecule has 94 valence electrons. The van der Waals surface area contributed by atoms with Crippen LogP contribution in [0.5, 0.6) is 0 Å². The van der Waals surface area contributed by atoms with Gasteiger partial charge in [0, 0.05) is 6.54 Å². The minimum Gasteiger partial charge on any atom is -0.329 e. The Kier molecular flexibility index (Phi) is 3.54. The molecule has 0 fully saturated rings. The molecular formula is C13H19NO2S. The topological polar surface area (TPSA) is 60.2 Å². The number of aryl methyl sites for hydroxylation is 2. The van der Waals surface area contributed by atoms with Crippen molar-refractivity contribution in [1.29, 1.82) is 0 Å². The molecule has 0 bridgehead atoms. The first-order valence-electron chi connectivity index (χ1n) is 6.15. The fourth-order valence-electron chi connectivity index (χ4n) is 2.43. The van der Waals surface area contributed by atoms with E-state index >= 15 is 0 Å². The number of sulfone groups is 1. The third-order valence-electron chi connectivity index (χ3n) is 3.56. The molecule has 1 aliphatic carbocycles. The van der Waals surface area contributed by atoms with Crippen molar-refractivity contribution in [3.63, 3.8) is 0 Å². The highest BCUT2D eigenvalue weighted by atomic mass is 32.2. The fourth-order valence-corrected chi connectivity index (χ4v) is 4.07. The van der Waals surface area contributed by atoms with Crippen LogP contribution in [0.15, 0.2) is 23.1 Å². The molecule has 4 heteroatoms. The first-order chi connectivity index (χ1) is 8.09. The third kappa shape index (κ3) is 2.24. The summed E-state index contributed by atoms with van der Waals surface area (Å²) in [6.07, 6.45) is 3.77. The van der Waals surface area contributed by atoms with E-state index < -0.39 is 15.1 Å². The van der Waals surface area contributed by atoms with Crippen molar-refractivity contribution in [1.82, 2.24) is 0 Å². The molecule has 0 spiro atoms. The third-order valence-corrected chi connectivity index (χ3v) is 5.87. The predicted molar refractivity (Wildman–Crippen MR) is 68.8 cm³/mol. The van der Waals surface area contributed by atoms with E-state index in [-0.39, 0.29) is 6.54 Å². The molecule has 0 radical (unpaired) electrons. The van der Waals surface area contributed by atoms with Crippen molar-refractivity contribution in [3.8, 4) is 0 Å². The maximum Gasteiger partial charge on any atom is 0.182 e. The van der Waals surface area contributed by atoms with Gasteiger partial charge in [0.2, 0.25) is 0 Å². The second-order valence-corrected chi connectivity index (χ2v) is 6.82. The lowest BCUT2D eigenvalue weighted by atomic mass is 10.1. The molecule has 0 amide bonds. The Morgan fingerprint density at radius 1 is 1.29 bits per heavy atom. The van der Waals surface area contributed by atoms with Crippen molar-refractivity contribution >= 4 is 9.84 Å². The van der Waals surface area contributed by atoms with E-state index in [2.05, 4.69) is 0 Å². The van der Waals surface area contributed by atoms with Crippen molar-refractivity contribution in [2.24, 2.45) is 5.73 Å². The first kappa shape index (κ1) is 12.6. The number of rotatable bonds is 4. The van der Waals surface area contributed by atoms with Crippen LogP contribution in [0.4, 0.5) is 0 Å². The quantitative estimate of drug-likeness (QED) is 0.888. The maximum atomic E-state index is 12.3. The van der Waals surface area contributed by atoms with Gasteiger partial charge in [-0.3, -0.25) is 0 Å². The summed E-state index contributed by atoms with van der Waals surface area (Å²) in [5, 5.41) is -0.457. The van der Waals surface area contributed by atoms with Crippen LogP contribution in [0.2, 0.25) is 0 Å². The zero-order chi connectivity index (χ0) is 12.5. The molecule has 0 aromatic heterocycles. The minimum absolute atomic E-state index is 0.190. The molecule has 1 aromatic carbocycles. The Balaban J connectivity index is 2.40.